The molecule has 0 amide bonds. The number of rotatable bonds is 7. The molecule has 4 heterocycles. The topological polar surface area (TPSA) is 25.4 Å². The molecular formula is C47H47N4OPt-. The van der Waals surface area contributed by atoms with Crippen LogP contribution in [0.2, 0.25) is 0 Å². The molecule has 2 atom stereocenters. The van der Waals surface area contributed by atoms with E-state index in [1.165, 1.54) is 39.3 Å². The number of hydrogen-bond donors (Lipinski definition) is 0. The summed E-state index contributed by atoms with van der Waals surface area (Å²) >= 11 is 0. The summed E-state index contributed by atoms with van der Waals surface area (Å²) in [5.41, 5.74) is 11.7. The fourth-order valence-electron chi connectivity index (χ4n) is 7.57. The van der Waals surface area contributed by atoms with Crippen molar-refractivity contribution in [1.82, 2.24) is 14.0 Å². The second-order valence-corrected chi connectivity index (χ2v) is 16.4. The molecule has 6 aromatic rings. The summed E-state index contributed by atoms with van der Waals surface area (Å²) in [5, 5.41) is 0. The molecule has 3 aliphatic rings. The van der Waals surface area contributed by atoms with Crippen molar-refractivity contribution in [2.24, 2.45) is 0 Å². The Morgan fingerprint density at radius 3 is 1.92 bits per heavy atom. The maximum absolute atomic E-state index is 6.77. The number of aryl methyl sites for hydroxylation is 2. The minimum atomic E-state index is -0.109. The van der Waals surface area contributed by atoms with E-state index in [1.54, 1.807) is 0 Å². The van der Waals surface area contributed by atoms with Gasteiger partial charge in [0.05, 0.1) is 6.67 Å². The monoisotopic (exact) mass is 878 g/mol. The Balaban J connectivity index is 0.00000435. The van der Waals surface area contributed by atoms with Gasteiger partial charge in [-0.3, -0.25) is 4.48 Å². The molecule has 0 N–H and O–H groups in total. The Morgan fingerprint density at radius 1 is 0.660 bits per heavy atom. The second-order valence-electron chi connectivity index (χ2n) is 16.4. The fourth-order valence-corrected chi connectivity index (χ4v) is 7.57. The molecule has 0 spiro atoms. The summed E-state index contributed by atoms with van der Waals surface area (Å²) in [4.78, 5) is 6.98. The van der Waals surface area contributed by atoms with E-state index in [4.69, 9.17) is 9.72 Å². The number of hydrogen-bond acceptors (Lipinski definition) is 3. The summed E-state index contributed by atoms with van der Waals surface area (Å²) in [6.07, 6.45) is 1.89. The van der Waals surface area contributed by atoms with Crippen molar-refractivity contribution in [1.29, 1.82) is 0 Å². The molecule has 0 aliphatic carbocycles. The molecule has 6 heteroatoms. The van der Waals surface area contributed by atoms with E-state index < -0.39 is 0 Å². The molecule has 5 nitrogen and oxygen atoms in total. The molecule has 1 saturated heterocycles. The maximum Gasteiger partial charge on any atom is 0.184 e. The van der Waals surface area contributed by atoms with E-state index in [0.717, 1.165) is 34.0 Å². The fraction of sp³-hybridized carbons (Fsp3) is 0.234. The minimum absolute atomic E-state index is 0. The summed E-state index contributed by atoms with van der Waals surface area (Å²) < 4.78 is 8.11. The Kier molecular flexibility index (Phi) is 9.30. The van der Waals surface area contributed by atoms with E-state index in [-0.39, 0.29) is 31.9 Å². The molecule has 0 unspecified atom stereocenters. The summed E-state index contributed by atoms with van der Waals surface area (Å²) in [5.74, 6) is 2.13. The number of ether oxygens (including phenoxy) is 1. The SMILES string of the molecule is Cc1cc2c(cc1C)[N@+]1(c3[c-]c(Oc4[c-]c(N(c5ccccc5)c5cc(C(C)(C)C)ccn5)ccc4)cc(C(C)(C)C)c3)[CH-][N@@+]2(c2ccccc2)C1.[Pt]. The van der Waals surface area contributed by atoms with Crippen LogP contribution in [-0.4, -0.2) is 11.7 Å². The number of nitrogens with zero attached hydrogens (tertiary/aromatic N) is 4. The first-order valence-electron chi connectivity index (χ1n) is 18.2. The van der Waals surface area contributed by atoms with Crippen molar-refractivity contribution in [2.45, 2.75) is 66.2 Å². The number of anilines is 3. The van der Waals surface area contributed by atoms with Crippen LogP contribution in [-0.2, 0) is 31.9 Å². The Morgan fingerprint density at radius 2 is 1.28 bits per heavy atom. The number of quaternary nitrogens is 2. The van der Waals surface area contributed by atoms with Crippen LogP contribution in [0, 0.1) is 32.6 Å². The first-order chi connectivity index (χ1) is 24.8. The van der Waals surface area contributed by atoms with Crippen LogP contribution < -0.4 is 18.6 Å². The summed E-state index contributed by atoms with van der Waals surface area (Å²) in [6.45, 7) is 21.2. The van der Waals surface area contributed by atoms with Crippen LogP contribution in [0.3, 0.4) is 0 Å². The van der Waals surface area contributed by atoms with Gasteiger partial charge in [0.1, 0.15) is 11.5 Å². The van der Waals surface area contributed by atoms with Crippen molar-refractivity contribution >= 4 is 39.9 Å². The quantitative estimate of drug-likeness (QED) is 0.118. The molecule has 0 saturated carbocycles. The number of pyridine rings is 1. The molecule has 53 heavy (non-hydrogen) atoms. The van der Waals surface area contributed by atoms with Crippen molar-refractivity contribution in [3.63, 3.8) is 0 Å². The maximum atomic E-state index is 6.77. The third-order valence-corrected chi connectivity index (χ3v) is 10.7. The van der Waals surface area contributed by atoms with E-state index >= 15 is 0 Å². The van der Waals surface area contributed by atoms with Crippen LogP contribution in [0.1, 0.15) is 63.8 Å². The van der Waals surface area contributed by atoms with Gasteiger partial charge < -0.3 is 14.1 Å². The van der Waals surface area contributed by atoms with Crippen LogP contribution in [0.5, 0.6) is 11.5 Å². The predicted octanol–water partition coefficient (Wildman–Crippen LogP) is 12.5. The Bertz CT molecular complexity index is 2280. The van der Waals surface area contributed by atoms with Crippen LogP contribution >= 0.6 is 0 Å². The van der Waals surface area contributed by atoms with Gasteiger partial charge in [-0.1, -0.05) is 89.7 Å². The average Bonchev–Trinajstić information content (AvgIpc) is 3.53. The van der Waals surface area contributed by atoms with Gasteiger partial charge in [0, 0.05) is 62.3 Å². The van der Waals surface area contributed by atoms with Gasteiger partial charge in [-0.2, -0.15) is 6.07 Å². The van der Waals surface area contributed by atoms with Gasteiger partial charge in [0.2, 0.25) is 0 Å². The zero-order chi connectivity index (χ0) is 36.5. The molecule has 1 aromatic heterocycles. The summed E-state index contributed by atoms with van der Waals surface area (Å²) in [6, 6.07) is 48.1. The molecular weight excluding hydrogens is 832 g/mol. The van der Waals surface area contributed by atoms with E-state index in [1.807, 2.05) is 24.4 Å². The number of para-hydroxylation sites is 2. The van der Waals surface area contributed by atoms with E-state index in [0.29, 0.717) is 16.0 Å². The van der Waals surface area contributed by atoms with Gasteiger partial charge in [0.25, 0.3) is 0 Å². The van der Waals surface area contributed by atoms with Crippen molar-refractivity contribution in [2.75, 3.05) is 11.6 Å². The van der Waals surface area contributed by atoms with Crippen molar-refractivity contribution in [3.05, 3.63) is 163 Å². The van der Waals surface area contributed by atoms with Gasteiger partial charge >= 0.3 is 0 Å². The van der Waals surface area contributed by atoms with Gasteiger partial charge in [-0.15, -0.1) is 35.9 Å². The Labute approximate surface area is 330 Å². The van der Waals surface area contributed by atoms with Gasteiger partial charge in [0.15, 0.2) is 18.0 Å². The van der Waals surface area contributed by atoms with Gasteiger partial charge in [-0.25, -0.2) is 4.98 Å². The molecule has 5 aromatic carbocycles. The molecule has 0 radical (unpaired) electrons. The van der Waals surface area contributed by atoms with E-state index in [2.05, 4.69) is 176 Å². The number of aromatic nitrogens is 1. The molecule has 9 rings (SSSR count). The zero-order valence-corrected chi connectivity index (χ0v) is 34.1. The van der Waals surface area contributed by atoms with Crippen LogP contribution in [0.4, 0.5) is 39.9 Å². The molecule has 2 bridgehead atoms. The minimum Gasteiger partial charge on any atom is -0.509 e. The third kappa shape index (κ3) is 6.43. The molecule has 272 valence electrons. The first-order valence-corrected chi connectivity index (χ1v) is 18.2. The third-order valence-electron chi connectivity index (χ3n) is 10.7. The van der Waals surface area contributed by atoms with Crippen LogP contribution in [0.25, 0.3) is 0 Å². The smallest absolute Gasteiger partial charge is 0.184 e. The Hall–Kier alpha value is -4.54. The normalized spacial score (nSPS) is 18.8. The number of benzene rings is 5. The van der Waals surface area contributed by atoms with Crippen LogP contribution in [0.15, 0.2) is 121 Å². The largest absolute Gasteiger partial charge is 0.509 e. The molecule has 1 fully saturated rings. The first kappa shape index (κ1) is 36.8. The van der Waals surface area contributed by atoms with Crippen molar-refractivity contribution < 1.29 is 25.8 Å². The predicted molar refractivity (Wildman–Crippen MR) is 215 cm³/mol. The average molecular weight is 879 g/mol. The second kappa shape index (κ2) is 13.4. The molecule has 3 aliphatic heterocycles. The van der Waals surface area contributed by atoms with Crippen molar-refractivity contribution in [3.8, 4) is 11.5 Å². The summed E-state index contributed by atoms with van der Waals surface area (Å²) in [7, 11) is 0. The zero-order valence-electron chi connectivity index (χ0n) is 31.8. The van der Waals surface area contributed by atoms with Gasteiger partial charge in [-0.05, 0) is 77.8 Å². The standard InChI is InChI=1S/C47H47N4O.Pt/c1-33-24-43-44(25-34(33)2)51(31-50(43,32-51)39-19-13-10-14-20-39)40-26-36(47(6,7)8)27-42(30-40)52-41-21-15-18-38(29-41)49(37-16-11-9-12-17-37)45-28-35(22-23-48-45)46(3,4)5;/h9-28,31H,32H2,1-8H3;/q-1;/t50-,51+;/m0./s1. The van der Waals surface area contributed by atoms with E-state index in [9.17, 15) is 0 Å².